The van der Waals surface area contributed by atoms with Gasteiger partial charge in [-0.05, 0) is 66.5 Å². The number of carbonyl (C=O) groups is 2. The van der Waals surface area contributed by atoms with Crippen LogP contribution in [0.3, 0.4) is 0 Å². The van der Waals surface area contributed by atoms with Crippen molar-refractivity contribution in [2.24, 2.45) is 4.99 Å². The summed E-state index contributed by atoms with van der Waals surface area (Å²) in [6, 6.07) is 4.93. The lowest BCUT2D eigenvalue weighted by molar-refractivity contribution is 0.0448. The van der Waals surface area contributed by atoms with Crippen LogP contribution in [0, 0.1) is 5.82 Å². The fourth-order valence-corrected chi connectivity index (χ4v) is 4.69. The third kappa shape index (κ3) is 6.58. The number of alkyl carbamates (subject to hydrolysis) is 1. The molecular formula is C28H38FN7O3. The van der Waals surface area contributed by atoms with Gasteiger partial charge in [0.2, 0.25) is 0 Å². The SMILES string of the molecule is CC/N=c1\[nH]cc(NC(=O)c2ccc(N3CCC(C)(NC(=O)OC(C)(C)C)CC3)c3cn(CC)nc23)cc1F. The van der Waals surface area contributed by atoms with E-state index in [0.717, 1.165) is 23.9 Å². The molecule has 1 saturated heterocycles. The van der Waals surface area contributed by atoms with Gasteiger partial charge in [-0.15, -0.1) is 0 Å². The molecule has 1 aliphatic heterocycles. The number of nitrogens with one attached hydrogen (secondary N) is 3. The van der Waals surface area contributed by atoms with E-state index in [1.54, 1.807) is 10.7 Å². The summed E-state index contributed by atoms with van der Waals surface area (Å²) < 4.78 is 21.6. The number of H-pyrrole nitrogens is 1. The van der Waals surface area contributed by atoms with Crippen LogP contribution >= 0.6 is 0 Å². The summed E-state index contributed by atoms with van der Waals surface area (Å²) in [6.45, 7) is 13.9. The number of amides is 2. The number of pyridine rings is 1. The van der Waals surface area contributed by atoms with Crippen molar-refractivity contribution in [1.82, 2.24) is 20.1 Å². The number of carbonyl (C=O) groups excluding carboxylic acids is 2. The number of nitrogens with zero attached hydrogens (tertiary/aromatic N) is 4. The second-order valence-electron chi connectivity index (χ2n) is 11.1. The Labute approximate surface area is 227 Å². The van der Waals surface area contributed by atoms with Crippen LogP contribution in [-0.2, 0) is 11.3 Å². The number of aromatic nitrogens is 3. The molecule has 3 heterocycles. The molecule has 0 aliphatic carbocycles. The lowest BCUT2D eigenvalue weighted by atomic mass is 9.89. The Morgan fingerprint density at radius 3 is 2.56 bits per heavy atom. The molecule has 2 amide bonds. The minimum Gasteiger partial charge on any atom is -0.444 e. The zero-order valence-electron chi connectivity index (χ0n) is 23.5. The summed E-state index contributed by atoms with van der Waals surface area (Å²) >= 11 is 0. The van der Waals surface area contributed by atoms with E-state index in [2.05, 4.69) is 30.6 Å². The Morgan fingerprint density at radius 1 is 1.23 bits per heavy atom. The van der Waals surface area contributed by atoms with Crippen molar-refractivity contribution in [3.8, 4) is 0 Å². The molecule has 0 radical (unpaired) electrons. The van der Waals surface area contributed by atoms with Crippen LogP contribution in [0.4, 0.5) is 20.6 Å². The molecule has 0 atom stereocenters. The van der Waals surface area contributed by atoms with Crippen LogP contribution in [0.2, 0.25) is 0 Å². The number of hydrogen-bond donors (Lipinski definition) is 3. The molecule has 0 spiro atoms. The third-order valence-electron chi connectivity index (χ3n) is 6.73. The predicted molar refractivity (Wildman–Crippen MR) is 149 cm³/mol. The topological polar surface area (TPSA) is 117 Å². The van der Waals surface area contributed by atoms with Gasteiger partial charge in [-0.2, -0.15) is 5.10 Å². The first kappa shape index (κ1) is 28.1. The second-order valence-corrected chi connectivity index (χ2v) is 11.1. The average Bonchev–Trinajstić information content (AvgIpc) is 3.29. The third-order valence-corrected chi connectivity index (χ3v) is 6.73. The number of halogens is 1. The van der Waals surface area contributed by atoms with Crippen LogP contribution in [-0.4, -0.2) is 57.5 Å². The van der Waals surface area contributed by atoms with Gasteiger partial charge in [-0.25, -0.2) is 9.18 Å². The average molecular weight is 540 g/mol. The monoisotopic (exact) mass is 539 g/mol. The first-order valence-electron chi connectivity index (χ1n) is 13.4. The van der Waals surface area contributed by atoms with Crippen LogP contribution in [0.25, 0.3) is 10.9 Å². The van der Waals surface area contributed by atoms with Crippen LogP contribution in [0.15, 0.2) is 35.6 Å². The van der Waals surface area contributed by atoms with Crippen molar-refractivity contribution in [1.29, 1.82) is 0 Å². The van der Waals surface area contributed by atoms with E-state index in [-0.39, 0.29) is 16.9 Å². The zero-order chi connectivity index (χ0) is 28.4. The second kappa shape index (κ2) is 11.1. The number of piperidine rings is 1. The van der Waals surface area contributed by atoms with Gasteiger partial charge in [-0.3, -0.25) is 14.5 Å². The molecule has 1 fully saturated rings. The normalized spacial score (nSPS) is 15.9. The molecule has 10 nitrogen and oxygen atoms in total. The minimum atomic E-state index is -0.555. The highest BCUT2D eigenvalue weighted by molar-refractivity contribution is 6.13. The van der Waals surface area contributed by atoms with E-state index < -0.39 is 17.5 Å². The standard InChI is InChI=1S/C28H38FN7O3/c1-7-30-24-21(29)15-18(16-31-24)32-25(37)19-9-10-22(20-17-36(8-2)34-23(19)20)35-13-11-28(6,12-14-35)33-26(38)39-27(3,4)5/h9-10,15-17H,7-8,11-14H2,1-6H3,(H,30,31)(H,32,37)(H,33,38). The quantitative estimate of drug-likeness (QED) is 0.424. The van der Waals surface area contributed by atoms with Gasteiger partial charge in [0.05, 0.1) is 11.3 Å². The predicted octanol–water partition coefficient (Wildman–Crippen LogP) is 4.58. The van der Waals surface area contributed by atoms with Crippen molar-refractivity contribution in [3.05, 3.63) is 47.5 Å². The number of aryl methyl sites for hydroxylation is 1. The fraction of sp³-hybridized carbons (Fsp3) is 0.500. The number of fused-ring (bicyclic) bond motifs is 1. The molecule has 2 aromatic heterocycles. The van der Waals surface area contributed by atoms with E-state index >= 15 is 0 Å². The van der Waals surface area contributed by atoms with Gasteiger partial charge < -0.3 is 25.3 Å². The summed E-state index contributed by atoms with van der Waals surface area (Å²) in [7, 11) is 0. The first-order valence-corrected chi connectivity index (χ1v) is 13.4. The van der Waals surface area contributed by atoms with Gasteiger partial charge in [0.25, 0.3) is 5.91 Å². The summed E-state index contributed by atoms with van der Waals surface area (Å²) in [5, 5.41) is 11.3. The van der Waals surface area contributed by atoms with Gasteiger partial charge in [-0.1, -0.05) is 0 Å². The fourth-order valence-electron chi connectivity index (χ4n) is 4.69. The number of hydrogen-bond acceptors (Lipinski definition) is 6. The Balaban J connectivity index is 1.54. The van der Waals surface area contributed by atoms with E-state index in [1.165, 1.54) is 12.3 Å². The first-order chi connectivity index (χ1) is 18.4. The van der Waals surface area contributed by atoms with Crippen molar-refractivity contribution in [2.45, 2.75) is 72.1 Å². The van der Waals surface area contributed by atoms with Crippen molar-refractivity contribution in [3.63, 3.8) is 0 Å². The molecule has 3 aromatic rings. The molecule has 210 valence electrons. The zero-order valence-corrected chi connectivity index (χ0v) is 23.5. The lowest BCUT2D eigenvalue weighted by Crippen LogP contribution is -2.54. The molecule has 0 saturated carbocycles. The Bertz CT molecular complexity index is 1430. The molecule has 0 unspecified atom stereocenters. The summed E-state index contributed by atoms with van der Waals surface area (Å²) in [5.41, 5.74) is 1.46. The number of benzene rings is 1. The Morgan fingerprint density at radius 2 is 1.95 bits per heavy atom. The van der Waals surface area contributed by atoms with Crippen LogP contribution < -0.4 is 21.0 Å². The number of anilines is 2. The van der Waals surface area contributed by atoms with Crippen LogP contribution in [0.5, 0.6) is 0 Å². The Kier molecular flexibility index (Phi) is 7.99. The van der Waals surface area contributed by atoms with Crippen molar-refractivity contribution >= 4 is 34.3 Å². The van der Waals surface area contributed by atoms with Crippen molar-refractivity contribution < 1.29 is 18.7 Å². The highest BCUT2D eigenvalue weighted by Crippen LogP contribution is 2.33. The van der Waals surface area contributed by atoms with Gasteiger partial charge in [0.1, 0.15) is 11.1 Å². The van der Waals surface area contributed by atoms with E-state index in [9.17, 15) is 14.0 Å². The molecule has 0 bridgehead atoms. The summed E-state index contributed by atoms with van der Waals surface area (Å²) in [6.07, 6.45) is 4.53. The number of ether oxygens (including phenoxy) is 1. The highest BCUT2D eigenvalue weighted by Gasteiger charge is 2.34. The number of aromatic amines is 1. The molecule has 1 aliphatic rings. The largest absolute Gasteiger partial charge is 0.444 e. The molecule has 3 N–H and O–H groups in total. The van der Waals surface area contributed by atoms with Crippen molar-refractivity contribution in [2.75, 3.05) is 29.9 Å². The molecule has 1 aromatic carbocycles. The Hall–Kier alpha value is -3.89. The maximum Gasteiger partial charge on any atom is 0.408 e. The van der Waals surface area contributed by atoms with E-state index in [4.69, 9.17) is 4.74 Å². The van der Waals surface area contributed by atoms with Crippen LogP contribution in [0.1, 0.15) is 64.7 Å². The van der Waals surface area contributed by atoms with E-state index in [0.29, 0.717) is 42.9 Å². The molecular weight excluding hydrogens is 501 g/mol. The van der Waals surface area contributed by atoms with Gasteiger partial charge in [0, 0.05) is 61.3 Å². The van der Waals surface area contributed by atoms with E-state index in [1.807, 2.05) is 53.8 Å². The minimum absolute atomic E-state index is 0.142. The lowest BCUT2D eigenvalue weighted by Gasteiger charge is -2.41. The summed E-state index contributed by atoms with van der Waals surface area (Å²) in [4.78, 5) is 34.7. The highest BCUT2D eigenvalue weighted by atomic mass is 19.1. The maximum absolute atomic E-state index is 14.3. The molecule has 39 heavy (non-hydrogen) atoms. The molecule has 11 heteroatoms. The maximum atomic E-state index is 14.3. The number of rotatable bonds is 6. The summed E-state index contributed by atoms with van der Waals surface area (Å²) in [5.74, 6) is -0.919. The van der Waals surface area contributed by atoms with Gasteiger partial charge >= 0.3 is 6.09 Å². The molecule has 4 rings (SSSR count). The smallest absolute Gasteiger partial charge is 0.408 e. The van der Waals surface area contributed by atoms with Gasteiger partial charge in [0.15, 0.2) is 11.3 Å².